The molecule has 2 fully saturated rings. The molecule has 3 aliphatic heterocycles. The number of nitrogens with zero attached hydrogens (tertiary/aromatic N) is 1. The van der Waals surface area contributed by atoms with Gasteiger partial charge in [0.25, 0.3) is 0 Å². The molecule has 144 valence electrons. The fourth-order valence-corrected chi connectivity index (χ4v) is 4.96. The van der Waals surface area contributed by atoms with E-state index in [-0.39, 0.29) is 11.8 Å². The first kappa shape index (κ1) is 18.4. The maximum Gasteiger partial charge on any atom is 0.250 e. The van der Waals surface area contributed by atoms with Gasteiger partial charge in [0.2, 0.25) is 17.7 Å². The Morgan fingerprint density at radius 3 is 2.70 bits per heavy atom. The minimum absolute atomic E-state index is 0.322. The average molecular weight is 392 g/mol. The Hall–Kier alpha value is -1.96. The number of anilines is 1. The summed E-state index contributed by atoms with van der Waals surface area (Å²) in [5.74, 6) is -2.79. The summed E-state index contributed by atoms with van der Waals surface area (Å²) < 4.78 is 0. The molecule has 1 spiro atoms. The maximum atomic E-state index is 13.2. The molecule has 8 heteroatoms. The van der Waals surface area contributed by atoms with Gasteiger partial charge in [-0.3, -0.25) is 24.6 Å². The number of amides is 3. The summed E-state index contributed by atoms with van der Waals surface area (Å²) in [6.07, 6.45) is 0.635. The smallest absolute Gasteiger partial charge is 0.250 e. The van der Waals surface area contributed by atoms with Gasteiger partial charge >= 0.3 is 0 Å². The van der Waals surface area contributed by atoms with Crippen molar-refractivity contribution >= 4 is 35.0 Å². The summed E-state index contributed by atoms with van der Waals surface area (Å²) in [5.41, 5.74) is -0.397. The van der Waals surface area contributed by atoms with Gasteiger partial charge in [-0.15, -0.1) is 0 Å². The highest BCUT2D eigenvalue weighted by Gasteiger charge is 2.71. The molecule has 3 amide bonds. The van der Waals surface area contributed by atoms with Crippen LogP contribution in [0.2, 0.25) is 5.02 Å². The molecular formula is C19H22ClN3O4. The number of fused-ring (bicyclic) bond motifs is 4. The topological polar surface area (TPSA) is 98.7 Å². The number of imide groups is 1. The largest absolute Gasteiger partial charge is 0.392 e. The number of aliphatic hydroxyl groups excluding tert-OH is 1. The molecular weight excluding hydrogens is 370 g/mol. The van der Waals surface area contributed by atoms with Crippen LogP contribution in [0.15, 0.2) is 18.2 Å². The number of aliphatic hydroxyl groups is 1. The summed E-state index contributed by atoms with van der Waals surface area (Å²) in [5, 5.41) is 16.6. The maximum absolute atomic E-state index is 13.2. The average Bonchev–Trinajstić information content (AvgIpc) is 3.21. The van der Waals surface area contributed by atoms with E-state index in [1.165, 1.54) is 4.90 Å². The number of benzene rings is 1. The van der Waals surface area contributed by atoms with Crippen molar-refractivity contribution in [2.45, 2.75) is 44.4 Å². The Labute approximate surface area is 162 Å². The van der Waals surface area contributed by atoms with Gasteiger partial charge in [-0.1, -0.05) is 37.1 Å². The molecule has 3 heterocycles. The lowest BCUT2D eigenvalue weighted by atomic mass is 9.76. The van der Waals surface area contributed by atoms with Crippen LogP contribution in [-0.2, 0) is 19.9 Å². The van der Waals surface area contributed by atoms with Crippen LogP contribution in [0.4, 0.5) is 5.69 Å². The molecule has 0 aliphatic carbocycles. The molecule has 0 radical (unpaired) electrons. The highest BCUT2D eigenvalue weighted by molar-refractivity contribution is 6.35. The number of halogens is 1. The van der Waals surface area contributed by atoms with Crippen molar-refractivity contribution in [1.82, 2.24) is 10.2 Å². The van der Waals surface area contributed by atoms with Gasteiger partial charge in [0.15, 0.2) is 0 Å². The van der Waals surface area contributed by atoms with E-state index in [2.05, 4.69) is 10.6 Å². The molecule has 27 heavy (non-hydrogen) atoms. The second-order valence-electron chi connectivity index (χ2n) is 7.52. The van der Waals surface area contributed by atoms with Crippen LogP contribution in [0, 0.1) is 11.8 Å². The number of para-hydroxylation sites is 1. The number of carbonyl (C=O) groups is 3. The van der Waals surface area contributed by atoms with Crippen molar-refractivity contribution in [3.8, 4) is 0 Å². The first-order valence-electron chi connectivity index (χ1n) is 9.26. The molecule has 3 N–H and O–H groups in total. The summed E-state index contributed by atoms with van der Waals surface area (Å²) in [7, 11) is 0. The van der Waals surface area contributed by atoms with E-state index in [1.807, 2.05) is 6.92 Å². The Balaban J connectivity index is 1.87. The predicted molar refractivity (Wildman–Crippen MR) is 99.0 cm³/mol. The third-order valence-electron chi connectivity index (χ3n) is 5.98. The Morgan fingerprint density at radius 2 is 2.04 bits per heavy atom. The van der Waals surface area contributed by atoms with Gasteiger partial charge in [-0.05, 0) is 19.4 Å². The lowest BCUT2D eigenvalue weighted by molar-refractivity contribution is -0.143. The van der Waals surface area contributed by atoms with Gasteiger partial charge in [0.1, 0.15) is 5.54 Å². The van der Waals surface area contributed by atoms with E-state index in [4.69, 9.17) is 11.6 Å². The standard InChI is InChI=1S/C19H22ClN3O4/c1-3-4-8-23-16(25)12-13(17(23)26)19(22-14(12)9(2)24)10-6-5-7-11(20)15(10)21-18(19)27/h5-7,9,12-14,22,24H,3-4,8H2,1-2H3,(H,21,27)/t9-,12-,13+,14-,19-/m0/s1. The van der Waals surface area contributed by atoms with Crippen molar-refractivity contribution in [3.05, 3.63) is 28.8 Å². The molecule has 7 nitrogen and oxygen atoms in total. The molecule has 0 bridgehead atoms. The Morgan fingerprint density at radius 1 is 1.30 bits per heavy atom. The van der Waals surface area contributed by atoms with Crippen LogP contribution < -0.4 is 10.6 Å². The van der Waals surface area contributed by atoms with Crippen molar-refractivity contribution < 1.29 is 19.5 Å². The number of likely N-dealkylation sites (tertiary alicyclic amines) is 1. The van der Waals surface area contributed by atoms with E-state index in [0.29, 0.717) is 29.2 Å². The molecule has 4 rings (SSSR count). The van der Waals surface area contributed by atoms with E-state index in [0.717, 1.165) is 6.42 Å². The lowest BCUT2D eigenvalue weighted by Crippen LogP contribution is -2.54. The molecule has 2 saturated heterocycles. The van der Waals surface area contributed by atoms with Crippen LogP contribution in [0.1, 0.15) is 32.3 Å². The molecule has 0 aromatic heterocycles. The van der Waals surface area contributed by atoms with Gasteiger partial charge in [0.05, 0.1) is 28.6 Å². The number of unbranched alkanes of at least 4 members (excludes halogenated alkanes) is 1. The number of rotatable bonds is 4. The van der Waals surface area contributed by atoms with Crippen LogP contribution in [0.25, 0.3) is 0 Å². The molecule has 5 atom stereocenters. The quantitative estimate of drug-likeness (QED) is 0.671. The van der Waals surface area contributed by atoms with Crippen LogP contribution in [0.3, 0.4) is 0 Å². The minimum Gasteiger partial charge on any atom is -0.392 e. The van der Waals surface area contributed by atoms with Crippen molar-refractivity contribution in [2.75, 3.05) is 11.9 Å². The van der Waals surface area contributed by atoms with E-state index < -0.39 is 35.4 Å². The Bertz CT molecular complexity index is 842. The van der Waals surface area contributed by atoms with Gasteiger partial charge in [-0.25, -0.2) is 0 Å². The highest BCUT2D eigenvalue weighted by Crippen LogP contribution is 2.54. The zero-order valence-corrected chi connectivity index (χ0v) is 15.9. The van der Waals surface area contributed by atoms with Crippen molar-refractivity contribution in [2.24, 2.45) is 11.8 Å². The predicted octanol–water partition coefficient (Wildman–Crippen LogP) is 1.24. The second-order valence-corrected chi connectivity index (χ2v) is 7.93. The third-order valence-corrected chi connectivity index (χ3v) is 6.30. The molecule has 3 aliphatic rings. The van der Waals surface area contributed by atoms with Crippen LogP contribution in [-0.4, -0.2) is 46.4 Å². The molecule has 1 aromatic rings. The fourth-order valence-electron chi connectivity index (χ4n) is 4.73. The molecule has 0 unspecified atom stereocenters. The summed E-state index contributed by atoms with van der Waals surface area (Å²) >= 11 is 6.25. The summed E-state index contributed by atoms with van der Waals surface area (Å²) in [4.78, 5) is 40.6. The zero-order valence-electron chi connectivity index (χ0n) is 15.2. The highest BCUT2D eigenvalue weighted by atomic mass is 35.5. The molecule has 1 aromatic carbocycles. The second kappa shape index (κ2) is 6.29. The van der Waals surface area contributed by atoms with Gasteiger partial charge < -0.3 is 10.4 Å². The summed E-state index contributed by atoms with van der Waals surface area (Å²) in [6.45, 7) is 3.87. The third kappa shape index (κ3) is 2.31. The normalized spacial score (nSPS) is 32.8. The van der Waals surface area contributed by atoms with Crippen LogP contribution >= 0.6 is 11.6 Å². The first-order chi connectivity index (χ1) is 12.8. The fraction of sp³-hybridized carbons (Fsp3) is 0.526. The van der Waals surface area contributed by atoms with Gasteiger partial charge in [0, 0.05) is 18.2 Å². The SMILES string of the molecule is CCCCN1C(=O)[C@@H]2[C@H]([C@H](C)O)N[C@]3(C(=O)Nc4c(Cl)cccc43)[C@H]2C1=O. The van der Waals surface area contributed by atoms with Crippen molar-refractivity contribution in [3.63, 3.8) is 0 Å². The van der Waals surface area contributed by atoms with Gasteiger partial charge in [-0.2, -0.15) is 0 Å². The van der Waals surface area contributed by atoms with E-state index >= 15 is 0 Å². The first-order valence-corrected chi connectivity index (χ1v) is 9.63. The van der Waals surface area contributed by atoms with Crippen LogP contribution in [0.5, 0.6) is 0 Å². The number of carbonyl (C=O) groups excluding carboxylic acids is 3. The van der Waals surface area contributed by atoms with E-state index in [9.17, 15) is 19.5 Å². The number of hydrogen-bond acceptors (Lipinski definition) is 5. The monoisotopic (exact) mass is 391 g/mol. The Kier molecular flexibility index (Phi) is 4.29. The van der Waals surface area contributed by atoms with Crippen molar-refractivity contribution in [1.29, 1.82) is 0 Å². The zero-order chi connectivity index (χ0) is 19.5. The lowest BCUT2D eigenvalue weighted by Gasteiger charge is -2.30. The summed E-state index contributed by atoms with van der Waals surface area (Å²) in [6, 6.07) is 4.41. The van der Waals surface area contributed by atoms with E-state index in [1.54, 1.807) is 25.1 Å². The number of hydrogen-bond donors (Lipinski definition) is 3. The minimum atomic E-state index is -1.40. The molecule has 0 saturated carbocycles. The number of nitrogens with one attached hydrogen (secondary N) is 2.